The van der Waals surface area contributed by atoms with E-state index in [9.17, 15) is 19.2 Å². The van der Waals surface area contributed by atoms with Crippen LogP contribution in [0.2, 0.25) is 0 Å². The van der Waals surface area contributed by atoms with Gasteiger partial charge in [0.2, 0.25) is 10.3 Å². The van der Waals surface area contributed by atoms with Crippen molar-refractivity contribution in [2.75, 3.05) is 83.7 Å². The van der Waals surface area contributed by atoms with Crippen molar-refractivity contribution in [1.29, 1.82) is 0 Å². The van der Waals surface area contributed by atoms with E-state index >= 15 is 0 Å². The molecule has 4 N–H and O–H groups in total. The molecule has 2 aliphatic heterocycles. The Morgan fingerprint density at radius 1 is 0.600 bits per heavy atom. The Bertz CT molecular complexity index is 2420. The Labute approximate surface area is 387 Å². The number of amides is 4. The van der Waals surface area contributed by atoms with Crippen molar-refractivity contribution in [3.63, 3.8) is 0 Å². The Kier molecular flexibility index (Phi) is 15.4. The maximum Gasteiger partial charge on any atom is 0.325 e. The van der Waals surface area contributed by atoms with E-state index in [1.165, 1.54) is 0 Å². The molecule has 0 unspecified atom stereocenters. The molecule has 0 bridgehead atoms. The average molecular weight is 921 g/mol. The molecule has 2 aromatic heterocycles. The molecule has 5 aromatic rings. The zero-order valence-electron chi connectivity index (χ0n) is 36.8. The van der Waals surface area contributed by atoms with Crippen molar-refractivity contribution in [2.45, 2.75) is 71.1 Å². The highest BCUT2D eigenvalue weighted by Gasteiger charge is 2.29. The van der Waals surface area contributed by atoms with Gasteiger partial charge in [-0.1, -0.05) is 69.9 Å². The molecular formula is C47H56N10O6S2. The minimum Gasteiger partial charge on any atom is -0.378 e. The van der Waals surface area contributed by atoms with Crippen molar-refractivity contribution in [3.8, 4) is 11.4 Å². The first-order valence-corrected chi connectivity index (χ1v) is 24.1. The van der Waals surface area contributed by atoms with Crippen molar-refractivity contribution < 1.29 is 28.7 Å². The number of anilines is 6. The molecule has 4 amide bonds. The van der Waals surface area contributed by atoms with Crippen LogP contribution >= 0.6 is 23.1 Å². The number of urea groups is 2. The van der Waals surface area contributed by atoms with Crippen LogP contribution in [-0.2, 0) is 9.47 Å². The van der Waals surface area contributed by atoms with Crippen LogP contribution in [0, 0.1) is 11.8 Å². The molecule has 4 aliphatic rings. The van der Waals surface area contributed by atoms with E-state index in [-0.39, 0.29) is 29.3 Å². The van der Waals surface area contributed by atoms with Gasteiger partial charge < -0.3 is 29.9 Å². The highest BCUT2D eigenvalue weighted by atomic mass is 32.1. The summed E-state index contributed by atoms with van der Waals surface area (Å²) in [5, 5.41) is 12.0. The number of benzene rings is 3. The van der Waals surface area contributed by atoms with Gasteiger partial charge in [-0.15, -0.1) is 0 Å². The first-order chi connectivity index (χ1) is 31.7. The summed E-state index contributed by atoms with van der Waals surface area (Å²) in [6.45, 7) is 9.84. The van der Waals surface area contributed by atoms with Crippen molar-refractivity contribution in [3.05, 3.63) is 83.7 Å². The van der Waals surface area contributed by atoms with Gasteiger partial charge in [-0.2, -0.15) is 13.7 Å². The van der Waals surface area contributed by atoms with Crippen molar-refractivity contribution >= 4 is 79.7 Å². The molecule has 4 fully saturated rings. The monoisotopic (exact) mass is 920 g/mol. The number of carbonyl (C=O) groups is 4. The lowest BCUT2D eigenvalue weighted by molar-refractivity contribution is 0.0916. The van der Waals surface area contributed by atoms with Gasteiger partial charge in [0.05, 0.1) is 37.8 Å². The Morgan fingerprint density at radius 2 is 1.06 bits per heavy atom. The van der Waals surface area contributed by atoms with Crippen LogP contribution in [0.5, 0.6) is 0 Å². The number of hydrogen-bond acceptors (Lipinski definition) is 14. The fourth-order valence-electron chi connectivity index (χ4n) is 8.54. The van der Waals surface area contributed by atoms with Gasteiger partial charge in [0.1, 0.15) is 5.82 Å². The van der Waals surface area contributed by atoms with Crippen LogP contribution < -0.4 is 31.1 Å². The third kappa shape index (κ3) is 11.9. The second-order valence-corrected chi connectivity index (χ2v) is 18.4. The molecule has 18 heteroatoms. The molecule has 3 aromatic carbocycles. The molecule has 65 heavy (non-hydrogen) atoms. The van der Waals surface area contributed by atoms with E-state index in [2.05, 4.69) is 49.8 Å². The normalized spacial score (nSPS) is 16.8. The van der Waals surface area contributed by atoms with Gasteiger partial charge >= 0.3 is 12.1 Å². The number of rotatable bonds is 12. The van der Waals surface area contributed by atoms with Crippen molar-refractivity contribution in [1.82, 2.24) is 18.7 Å². The summed E-state index contributed by atoms with van der Waals surface area (Å²) in [5.74, 6) is 1.71. The number of morpholine rings is 2. The molecule has 342 valence electrons. The maximum absolute atomic E-state index is 13.4. The van der Waals surface area contributed by atoms with Crippen LogP contribution in [0.15, 0.2) is 66.7 Å². The molecule has 4 heterocycles. The highest BCUT2D eigenvalue weighted by molar-refractivity contribution is 7.10. The molecule has 16 nitrogen and oxygen atoms in total. The Morgan fingerprint density at radius 3 is 1.52 bits per heavy atom. The van der Waals surface area contributed by atoms with E-state index < -0.39 is 12.1 Å². The van der Waals surface area contributed by atoms with Crippen LogP contribution in [0.3, 0.4) is 0 Å². The smallest absolute Gasteiger partial charge is 0.325 e. The van der Waals surface area contributed by atoms with Gasteiger partial charge in [-0.25, -0.2) is 14.6 Å². The number of ketones is 2. The fourth-order valence-corrected chi connectivity index (χ4v) is 9.83. The maximum atomic E-state index is 13.4. The molecule has 2 aliphatic carbocycles. The largest absolute Gasteiger partial charge is 0.378 e. The average Bonchev–Trinajstić information content (AvgIpc) is 4.20. The van der Waals surface area contributed by atoms with Gasteiger partial charge in [-0.05, 0) is 62.1 Å². The summed E-state index contributed by atoms with van der Waals surface area (Å²) < 4.78 is 19.5. The minimum absolute atomic E-state index is 0.0140. The summed E-state index contributed by atoms with van der Waals surface area (Å²) in [6.07, 6.45) is 7.94. The lowest BCUT2D eigenvalue weighted by Gasteiger charge is -2.29. The van der Waals surface area contributed by atoms with Gasteiger partial charge in [0, 0.05) is 95.1 Å². The van der Waals surface area contributed by atoms with Crippen LogP contribution in [0.1, 0.15) is 97.7 Å². The summed E-state index contributed by atoms with van der Waals surface area (Å²) in [6, 6.07) is 20.1. The summed E-state index contributed by atoms with van der Waals surface area (Å²) in [5.41, 5.74) is 5.03. The van der Waals surface area contributed by atoms with Crippen LogP contribution in [-0.4, -0.2) is 95.0 Å². The number of aromatic nitrogens is 4. The van der Waals surface area contributed by atoms with E-state index in [1.807, 2.05) is 80.6 Å². The zero-order valence-corrected chi connectivity index (χ0v) is 38.5. The zero-order chi connectivity index (χ0) is 45.1. The quantitative estimate of drug-likeness (QED) is 0.0868. The molecular weight excluding hydrogens is 865 g/mol. The van der Waals surface area contributed by atoms with Crippen LogP contribution in [0.4, 0.5) is 42.6 Å². The second kappa shape index (κ2) is 21.9. The molecule has 0 spiro atoms. The lowest BCUT2D eigenvalue weighted by atomic mass is 9.94. The van der Waals surface area contributed by atoms with E-state index in [4.69, 9.17) is 9.47 Å². The number of carbonyl (C=O) groups excluding carboxylic acids is 4. The third-order valence-electron chi connectivity index (χ3n) is 12.1. The number of nitrogens with one attached hydrogen (secondary N) is 4. The standard InChI is InChI=1S/C25H27N5O3S.C22H29N5O3S/c31-22(17-6-4-5-7-17)20-16-19(30-12-14-33-15-13-30)10-11-21(20)26-24(32)28-25-27-23(29-34-25)18-8-2-1-3-9-18;1-14(2)20-24-22(31-26-20)25-21(29)23-18-8-7-16(27-9-11-30-12-10-27)13-17(18)19(28)15-5-3-4-6-15/h1-3,8-11,16-17H,4-7,12-15H2,(H2,26,27,28,29,32);7-8,13-15H,3-6,9-12H2,1-2H3,(H2,23,24,25,26,29). The Hall–Kier alpha value is -5.82. The summed E-state index contributed by atoms with van der Waals surface area (Å²) in [7, 11) is 0. The first kappa shape index (κ1) is 45.7. The number of nitrogens with zero attached hydrogens (tertiary/aromatic N) is 6. The molecule has 2 saturated carbocycles. The summed E-state index contributed by atoms with van der Waals surface area (Å²) >= 11 is 2.27. The predicted octanol–water partition coefficient (Wildman–Crippen LogP) is 9.57. The fraction of sp³-hybridized carbons (Fsp3) is 0.447. The first-order valence-electron chi connectivity index (χ1n) is 22.6. The van der Waals surface area contributed by atoms with Crippen molar-refractivity contribution in [2.24, 2.45) is 11.8 Å². The third-order valence-corrected chi connectivity index (χ3v) is 13.4. The molecule has 0 atom stereocenters. The SMILES string of the molecule is CC(C)c1nsc(NC(=O)Nc2ccc(N3CCOCC3)cc2C(=O)C2CCCC2)n1.O=C(Nc1nc(-c2ccccc2)ns1)Nc1ccc(N2CCOCC2)cc1C(=O)C1CCCC1. The second-order valence-electron chi connectivity index (χ2n) is 16.9. The predicted molar refractivity (Wildman–Crippen MR) is 256 cm³/mol. The molecule has 2 saturated heterocycles. The van der Waals surface area contributed by atoms with Gasteiger partial charge in [0.15, 0.2) is 17.4 Å². The lowest BCUT2D eigenvalue weighted by Crippen LogP contribution is -2.36. The topological polar surface area (TPSA) is 193 Å². The summed E-state index contributed by atoms with van der Waals surface area (Å²) in [4.78, 5) is 65.2. The van der Waals surface area contributed by atoms with Crippen LogP contribution in [0.25, 0.3) is 11.4 Å². The number of ether oxygens (including phenoxy) is 2. The van der Waals surface area contributed by atoms with E-state index in [0.29, 0.717) is 70.8 Å². The minimum atomic E-state index is -0.449. The van der Waals surface area contributed by atoms with E-state index in [1.54, 1.807) is 0 Å². The van der Waals surface area contributed by atoms with E-state index in [0.717, 1.165) is 118 Å². The molecule has 9 rings (SSSR count). The number of hydrogen-bond donors (Lipinski definition) is 4. The highest BCUT2D eigenvalue weighted by Crippen LogP contribution is 2.35. The number of Topliss-reactive ketones (excluding diaryl/α,β-unsaturated/α-hetero) is 2. The van der Waals surface area contributed by atoms with Gasteiger partial charge in [0.25, 0.3) is 0 Å². The Balaban J connectivity index is 0.000000178. The molecule has 0 radical (unpaired) electrons. The van der Waals surface area contributed by atoms with Gasteiger partial charge in [-0.3, -0.25) is 20.2 Å².